The molecular formula is C62H45N. The molecule has 63 heavy (non-hydrogen) atoms. The van der Waals surface area contributed by atoms with Crippen molar-refractivity contribution in [1.82, 2.24) is 0 Å². The fraction of sp³-hybridized carbons (Fsp3) is 0.0645. The highest BCUT2D eigenvalue weighted by Gasteiger charge is 2.58. The lowest BCUT2D eigenvalue weighted by Gasteiger charge is -2.50. The van der Waals surface area contributed by atoms with Gasteiger partial charge in [-0.15, -0.1) is 0 Å². The Kier molecular flexibility index (Phi) is 8.83. The number of nitrogens with zero attached hydrogens (tertiary/aromatic N) is 1. The molecule has 0 fully saturated rings. The van der Waals surface area contributed by atoms with Crippen LogP contribution in [-0.2, 0) is 10.8 Å². The second-order valence-corrected chi connectivity index (χ2v) is 17.0. The molecule has 9 aromatic rings. The summed E-state index contributed by atoms with van der Waals surface area (Å²) >= 11 is 0. The van der Waals surface area contributed by atoms with Crippen LogP contribution in [0.5, 0.6) is 0 Å². The van der Waals surface area contributed by atoms with Gasteiger partial charge in [-0.25, -0.2) is 0 Å². The van der Waals surface area contributed by atoms with Crippen LogP contribution in [0.2, 0.25) is 0 Å². The van der Waals surface area contributed by atoms with Crippen LogP contribution >= 0.6 is 0 Å². The monoisotopic (exact) mass is 803 g/mol. The smallest absolute Gasteiger partial charge is 0.0728 e. The molecule has 0 heterocycles. The molecule has 0 bridgehead atoms. The summed E-state index contributed by atoms with van der Waals surface area (Å²) in [6, 6.07) is 88.1. The number of hydrogen-bond donors (Lipinski definition) is 0. The van der Waals surface area contributed by atoms with Gasteiger partial charge in [-0.05, 0) is 115 Å². The molecular weight excluding hydrogens is 759 g/mol. The van der Waals surface area contributed by atoms with Crippen molar-refractivity contribution < 1.29 is 0 Å². The van der Waals surface area contributed by atoms with Gasteiger partial charge in [0.2, 0.25) is 0 Å². The number of fused-ring (bicyclic) bond motifs is 5. The maximum Gasteiger partial charge on any atom is 0.0728 e. The van der Waals surface area contributed by atoms with E-state index in [0.717, 1.165) is 18.5 Å². The lowest BCUT2D eigenvalue weighted by atomic mass is 9.51. The van der Waals surface area contributed by atoms with Crippen LogP contribution in [0, 0.1) is 0 Å². The predicted molar refractivity (Wildman–Crippen MR) is 261 cm³/mol. The highest BCUT2D eigenvalue weighted by atomic mass is 15.2. The molecule has 298 valence electrons. The predicted octanol–water partition coefficient (Wildman–Crippen LogP) is 15.3. The quantitative estimate of drug-likeness (QED) is 0.148. The molecule has 3 aliphatic rings. The van der Waals surface area contributed by atoms with Crippen molar-refractivity contribution in [3.05, 3.63) is 305 Å². The van der Waals surface area contributed by atoms with Crippen molar-refractivity contribution in [2.75, 3.05) is 4.90 Å². The molecule has 9 aromatic carbocycles. The standard InChI is InChI=1S/C62H45N/c1-5-20-44(21-6-1)45-36-38-46(39-37-45)47-40-42-51(43-41-47)63(50-26-11-4-12-27-50)59-35-18-17-33-57(59)61(48-22-7-2-8-23-48)55-31-15-16-32-56(55)62(49-24-9-3-10-25-49)54-30-14-13-28-52(54)53-29-19-34-58(61)60(53)62/h1-40,42H,41,43H2. The highest BCUT2D eigenvalue weighted by molar-refractivity contribution is 5.93. The molecule has 0 radical (unpaired) electrons. The maximum absolute atomic E-state index is 2.55. The average molecular weight is 804 g/mol. The van der Waals surface area contributed by atoms with E-state index in [1.807, 2.05) is 0 Å². The Morgan fingerprint density at radius 2 is 0.810 bits per heavy atom. The van der Waals surface area contributed by atoms with Gasteiger partial charge < -0.3 is 4.90 Å². The number of para-hydroxylation sites is 2. The van der Waals surface area contributed by atoms with Crippen LogP contribution in [0.1, 0.15) is 62.9 Å². The van der Waals surface area contributed by atoms with Crippen LogP contribution < -0.4 is 4.90 Å². The van der Waals surface area contributed by atoms with E-state index in [0.29, 0.717) is 0 Å². The fourth-order valence-corrected chi connectivity index (χ4v) is 11.4. The zero-order valence-electron chi connectivity index (χ0n) is 35.0. The highest BCUT2D eigenvalue weighted by Crippen LogP contribution is 2.66. The number of allylic oxidation sites excluding steroid dienone is 4. The first-order valence-electron chi connectivity index (χ1n) is 22.2. The zero-order chi connectivity index (χ0) is 41.8. The molecule has 1 nitrogen and oxygen atoms in total. The fourth-order valence-electron chi connectivity index (χ4n) is 11.4. The van der Waals surface area contributed by atoms with E-state index in [9.17, 15) is 0 Å². The first-order valence-corrected chi connectivity index (χ1v) is 22.2. The van der Waals surface area contributed by atoms with E-state index in [1.54, 1.807) is 0 Å². The van der Waals surface area contributed by atoms with E-state index in [1.165, 1.54) is 89.3 Å². The SMILES string of the molecule is C1=C(c2ccc(-c3ccccc3)cc2)CCC(N(c2ccccc2)c2ccccc2C2(c3ccccc3)c3ccccc3C3(c4ccccc4)c4ccccc4-c4cccc2c43)=C1. The summed E-state index contributed by atoms with van der Waals surface area (Å²) in [4.78, 5) is 2.55. The third-order valence-electron chi connectivity index (χ3n) is 14.0. The van der Waals surface area contributed by atoms with Crippen LogP contribution in [0.4, 0.5) is 11.4 Å². The second-order valence-electron chi connectivity index (χ2n) is 17.0. The average Bonchev–Trinajstić information content (AvgIpc) is 3.68. The minimum Gasteiger partial charge on any atom is -0.314 e. The van der Waals surface area contributed by atoms with Gasteiger partial charge in [0.1, 0.15) is 0 Å². The summed E-state index contributed by atoms with van der Waals surface area (Å²) in [6.07, 6.45) is 6.57. The second kappa shape index (κ2) is 15.0. The van der Waals surface area contributed by atoms with Gasteiger partial charge in [0.25, 0.3) is 0 Å². The largest absolute Gasteiger partial charge is 0.314 e. The van der Waals surface area contributed by atoms with Crippen molar-refractivity contribution in [1.29, 1.82) is 0 Å². The Morgan fingerprint density at radius 1 is 0.317 bits per heavy atom. The van der Waals surface area contributed by atoms with Crippen LogP contribution in [0.25, 0.3) is 27.8 Å². The summed E-state index contributed by atoms with van der Waals surface area (Å²) in [5, 5.41) is 0. The van der Waals surface area contributed by atoms with Gasteiger partial charge >= 0.3 is 0 Å². The first kappa shape index (κ1) is 37.1. The summed E-state index contributed by atoms with van der Waals surface area (Å²) < 4.78 is 0. The van der Waals surface area contributed by atoms with Crippen LogP contribution in [-0.4, -0.2) is 0 Å². The lowest BCUT2D eigenvalue weighted by Crippen LogP contribution is -2.45. The summed E-state index contributed by atoms with van der Waals surface area (Å²) in [5.74, 6) is 0. The van der Waals surface area contributed by atoms with Gasteiger partial charge in [0.05, 0.1) is 16.5 Å². The molecule has 0 saturated carbocycles. The van der Waals surface area contributed by atoms with Gasteiger partial charge in [-0.2, -0.15) is 0 Å². The van der Waals surface area contributed by atoms with E-state index in [-0.39, 0.29) is 0 Å². The molecule has 0 spiro atoms. The molecule has 0 aliphatic heterocycles. The van der Waals surface area contributed by atoms with Crippen molar-refractivity contribution in [3.63, 3.8) is 0 Å². The Balaban J connectivity index is 1.11. The molecule has 0 amide bonds. The summed E-state index contributed by atoms with van der Waals surface area (Å²) in [6.45, 7) is 0. The number of benzene rings is 9. The third kappa shape index (κ3) is 5.56. The molecule has 12 rings (SSSR count). The van der Waals surface area contributed by atoms with Gasteiger partial charge in [0, 0.05) is 11.4 Å². The number of hydrogen-bond acceptors (Lipinski definition) is 1. The van der Waals surface area contributed by atoms with E-state index >= 15 is 0 Å². The van der Waals surface area contributed by atoms with Gasteiger partial charge in [-0.1, -0.05) is 224 Å². The minimum atomic E-state index is -0.677. The Labute approximate surface area is 370 Å². The number of rotatable bonds is 8. The topological polar surface area (TPSA) is 3.24 Å². The first-order chi connectivity index (χ1) is 31.3. The Bertz CT molecular complexity index is 3200. The van der Waals surface area contributed by atoms with E-state index < -0.39 is 10.8 Å². The van der Waals surface area contributed by atoms with Crippen molar-refractivity contribution in [2.45, 2.75) is 23.7 Å². The molecule has 0 saturated heterocycles. The molecule has 0 aromatic heterocycles. The Morgan fingerprint density at radius 3 is 1.48 bits per heavy atom. The van der Waals surface area contributed by atoms with Crippen molar-refractivity contribution in [3.8, 4) is 22.3 Å². The van der Waals surface area contributed by atoms with Crippen LogP contribution in [0.3, 0.4) is 0 Å². The summed E-state index contributed by atoms with van der Waals surface area (Å²) in [7, 11) is 0. The molecule has 0 N–H and O–H groups in total. The number of anilines is 2. The van der Waals surface area contributed by atoms with E-state index in [2.05, 4.69) is 254 Å². The Hall–Kier alpha value is -7.74. The third-order valence-corrected chi connectivity index (χ3v) is 14.0. The molecule has 2 unspecified atom stereocenters. The van der Waals surface area contributed by atoms with E-state index in [4.69, 9.17) is 0 Å². The van der Waals surface area contributed by atoms with Gasteiger partial charge in [0.15, 0.2) is 0 Å². The van der Waals surface area contributed by atoms with Crippen molar-refractivity contribution >= 4 is 16.9 Å². The van der Waals surface area contributed by atoms with Crippen molar-refractivity contribution in [2.24, 2.45) is 0 Å². The maximum atomic E-state index is 2.55. The summed E-state index contributed by atoms with van der Waals surface area (Å²) in [5.41, 5.74) is 20.6. The minimum absolute atomic E-state index is 0.501. The zero-order valence-corrected chi connectivity index (χ0v) is 35.0. The normalized spacial score (nSPS) is 18.0. The lowest BCUT2D eigenvalue weighted by molar-refractivity contribution is 0.626. The van der Waals surface area contributed by atoms with Crippen LogP contribution in [0.15, 0.2) is 254 Å². The van der Waals surface area contributed by atoms with Gasteiger partial charge in [-0.3, -0.25) is 0 Å². The molecule has 3 aliphatic carbocycles. The molecule has 2 atom stereocenters. The molecule has 1 heteroatoms.